The van der Waals surface area contributed by atoms with E-state index in [9.17, 15) is 4.79 Å². The van der Waals surface area contributed by atoms with Crippen molar-refractivity contribution < 1.29 is 14.3 Å². The van der Waals surface area contributed by atoms with Crippen molar-refractivity contribution in [2.24, 2.45) is 0 Å². The van der Waals surface area contributed by atoms with Gasteiger partial charge in [-0.15, -0.1) is 0 Å². The van der Waals surface area contributed by atoms with Crippen molar-refractivity contribution in [3.63, 3.8) is 0 Å². The number of methoxy groups -OCH3 is 1. The largest absolute Gasteiger partial charge is 0.481 e. The monoisotopic (exact) mass is 225 g/mol. The molecular weight excluding hydrogens is 210 g/mol. The topological polar surface area (TPSA) is 73.3 Å². The van der Waals surface area contributed by atoms with E-state index < -0.39 is 6.04 Å². The Hall–Kier alpha value is -1.85. The third-order valence-corrected chi connectivity index (χ3v) is 1.82. The Bertz CT molecular complexity index is 357. The molecule has 1 aromatic heterocycles. The van der Waals surface area contributed by atoms with Gasteiger partial charge < -0.3 is 14.8 Å². The average Bonchev–Trinajstić information content (AvgIpc) is 2.29. The first kappa shape index (κ1) is 12.2. The molecule has 0 saturated carbocycles. The first-order valence-electron chi connectivity index (χ1n) is 4.97. The second kappa shape index (κ2) is 5.89. The lowest BCUT2D eigenvalue weighted by Gasteiger charge is -2.12. The maximum atomic E-state index is 11.3. The predicted octanol–water partition coefficient (Wildman–Crippen LogP) is 0.849. The zero-order valence-electron chi connectivity index (χ0n) is 9.56. The van der Waals surface area contributed by atoms with Gasteiger partial charge in [0.15, 0.2) is 0 Å². The van der Waals surface area contributed by atoms with Gasteiger partial charge >= 0.3 is 5.97 Å². The fourth-order valence-electron chi connectivity index (χ4n) is 1.05. The first-order valence-corrected chi connectivity index (χ1v) is 4.97. The number of carbonyl (C=O) groups excluding carboxylic acids is 1. The van der Waals surface area contributed by atoms with E-state index in [1.165, 1.54) is 7.11 Å². The van der Waals surface area contributed by atoms with Crippen LogP contribution in [-0.2, 0) is 9.53 Å². The Morgan fingerprint density at radius 1 is 1.62 bits per heavy atom. The first-order chi connectivity index (χ1) is 7.67. The van der Waals surface area contributed by atoms with Gasteiger partial charge in [0, 0.05) is 12.3 Å². The molecule has 6 heteroatoms. The standard InChI is InChI=1S/C10H15N3O3/c1-4-16-9(14)7(2)12-10-11-6-5-8(13-10)15-3/h5-7H,4H2,1-3H3,(H,11,12,13). The number of ether oxygens (including phenoxy) is 2. The fourth-order valence-corrected chi connectivity index (χ4v) is 1.05. The third-order valence-electron chi connectivity index (χ3n) is 1.82. The summed E-state index contributed by atoms with van der Waals surface area (Å²) in [5, 5.41) is 2.82. The van der Waals surface area contributed by atoms with Gasteiger partial charge in [0.05, 0.1) is 13.7 Å². The number of hydrogen-bond acceptors (Lipinski definition) is 6. The minimum absolute atomic E-state index is 0.333. The average molecular weight is 225 g/mol. The van der Waals surface area contributed by atoms with Gasteiger partial charge in [0.1, 0.15) is 6.04 Å². The van der Waals surface area contributed by atoms with Crippen LogP contribution in [-0.4, -0.2) is 35.7 Å². The molecule has 0 spiro atoms. The summed E-state index contributed by atoms with van der Waals surface area (Å²) in [5.74, 6) is 0.433. The summed E-state index contributed by atoms with van der Waals surface area (Å²) in [4.78, 5) is 19.3. The normalized spacial score (nSPS) is 11.7. The molecule has 0 aromatic carbocycles. The molecule has 0 amide bonds. The molecule has 1 N–H and O–H groups in total. The second-order valence-corrected chi connectivity index (χ2v) is 3.04. The van der Waals surface area contributed by atoms with Crippen LogP contribution in [0.15, 0.2) is 12.3 Å². The highest BCUT2D eigenvalue weighted by atomic mass is 16.5. The molecule has 1 rings (SSSR count). The van der Waals surface area contributed by atoms with Crippen LogP contribution >= 0.6 is 0 Å². The number of nitrogens with zero attached hydrogens (tertiary/aromatic N) is 2. The van der Waals surface area contributed by atoms with Crippen LogP contribution in [0.5, 0.6) is 5.88 Å². The Kier molecular flexibility index (Phi) is 4.50. The van der Waals surface area contributed by atoms with Crippen molar-refractivity contribution in [1.29, 1.82) is 0 Å². The Balaban J connectivity index is 2.61. The summed E-state index contributed by atoms with van der Waals surface area (Å²) >= 11 is 0. The minimum Gasteiger partial charge on any atom is -0.481 e. The maximum absolute atomic E-state index is 11.3. The van der Waals surface area contributed by atoms with Crippen molar-refractivity contribution in [3.05, 3.63) is 12.3 Å². The van der Waals surface area contributed by atoms with E-state index in [0.29, 0.717) is 18.4 Å². The number of carbonyl (C=O) groups is 1. The van der Waals surface area contributed by atoms with Crippen LogP contribution in [0.1, 0.15) is 13.8 Å². The molecule has 1 aromatic rings. The molecule has 1 atom stereocenters. The number of anilines is 1. The summed E-state index contributed by atoms with van der Waals surface area (Å²) in [7, 11) is 1.51. The number of aromatic nitrogens is 2. The van der Waals surface area contributed by atoms with Crippen LogP contribution in [0.2, 0.25) is 0 Å². The lowest BCUT2D eigenvalue weighted by Crippen LogP contribution is -2.29. The van der Waals surface area contributed by atoms with Crippen LogP contribution < -0.4 is 10.1 Å². The highest BCUT2D eigenvalue weighted by molar-refractivity contribution is 5.78. The molecular formula is C10H15N3O3. The summed E-state index contributed by atoms with van der Waals surface area (Å²) < 4.78 is 9.78. The van der Waals surface area contributed by atoms with Gasteiger partial charge in [-0.1, -0.05) is 0 Å². The highest BCUT2D eigenvalue weighted by Gasteiger charge is 2.14. The number of esters is 1. The van der Waals surface area contributed by atoms with E-state index in [-0.39, 0.29) is 5.97 Å². The summed E-state index contributed by atoms with van der Waals surface area (Å²) in [6.45, 7) is 3.79. The van der Waals surface area contributed by atoms with E-state index in [0.717, 1.165) is 0 Å². The van der Waals surface area contributed by atoms with Gasteiger partial charge in [-0.25, -0.2) is 9.78 Å². The highest BCUT2D eigenvalue weighted by Crippen LogP contribution is 2.08. The fraction of sp³-hybridized carbons (Fsp3) is 0.500. The Labute approximate surface area is 94.0 Å². The summed E-state index contributed by atoms with van der Waals surface area (Å²) in [6.07, 6.45) is 1.55. The van der Waals surface area contributed by atoms with Crippen molar-refractivity contribution in [2.45, 2.75) is 19.9 Å². The molecule has 0 aliphatic carbocycles. The van der Waals surface area contributed by atoms with E-state index in [4.69, 9.17) is 9.47 Å². The van der Waals surface area contributed by atoms with E-state index in [2.05, 4.69) is 15.3 Å². The lowest BCUT2D eigenvalue weighted by atomic mass is 10.3. The van der Waals surface area contributed by atoms with Gasteiger partial charge in [0.25, 0.3) is 0 Å². The number of hydrogen-bond donors (Lipinski definition) is 1. The van der Waals surface area contributed by atoms with Crippen LogP contribution in [0.25, 0.3) is 0 Å². The number of rotatable bonds is 5. The molecule has 16 heavy (non-hydrogen) atoms. The summed E-state index contributed by atoms with van der Waals surface area (Å²) in [5.41, 5.74) is 0. The van der Waals surface area contributed by atoms with E-state index in [1.807, 2.05) is 0 Å². The quantitative estimate of drug-likeness (QED) is 0.749. The SMILES string of the molecule is CCOC(=O)C(C)Nc1nccc(OC)n1. The van der Waals surface area contributed by atoms with E-state index >= 15 is 0 Å². The van der Waals surface area contributed by atoms with Crippen molar-refractivity contribution in [1.82, 2.24) is 9.97 Å². The van der Waals surface area contributed by atoms with Gasteiger partial charge in [0.2, 0.25) is 11.8 Å². The molecule has 0 aliphatic heterocycles. The minimum atomic E-state index is -0.493. The van der Waals surface area contributed by atoms with Gasteiger partial charge in [-0.05, 0) is 13.8 Å². The van der Waals surface area contributed by atoms with Crippen molar-refractivity contribution in [3.8, 4) is 5.88 Å². The number of nitrogens with one attached hydrogen (secondary N) is 1. The Morgan fingerprint density at radius 3 is 3.00 bits per heavy atom. The van der Waals surface area contributed by atoms with Crippen LogP contribution in [0.4, 0.5) is 5.95 Å². The zero-order valence-corrected chi connectivity index (χ0v) is 9.56. The molecule has 6 nitrogen and oxygen atoms in total. The molecule has 1 heterocycles. The smallest absolute Gasteiger partial charge is 0.328 e. The van der Waals surface area contributed by atoms with Gasteiger partial charge in [-0.2, -0.15) is 4.98 Å². The maximum Gasteiger partial charge on any atom is 0.328 e. The molecule has 0 bridgehead atoms. The molecule has 88 valence electrons. The van der Waals surface area contributed by atoms with E-state index in [1.54, 1.807) is 26.1 Å². The second-order valence-electron chi connectivity index (χ2n) is 3.04. The lowest BCUT2D eigenvalue weighted by molar-refractivity contribution is -0.143. The van der Waals surface area contributed by atoms with Crippen molar-refractivity contribution >= 4 is 11.9 Å². The molecule has 0 fully saturated rings. The molecule has 0 aliphatic rings. The predicted molar refractivity (Wildman–Crippen MR) is 58.3 cm³/mol. The third kappa shape index (κ3) is 3.38. The summed E-state index contributed by atoms with van der Waals surface area (Å²) in [6, 6.07) is 1.13. The molecule has 0 saturated heterocycles. The Morgan fingerprint density at radius 2 is 2.38 bits per heavy atom. The van der Waals surface area contributed by atoms with Crippen LogP contribution in [0.3, 0.4) is 0 Å². The molecule has 0 radical (unpaired) electrons. The zero-order chi connectivity index (χ0) is 12.0. The van der Waals surface area contributed by atoms with Crippen LogP contribution in [0, 0.1) is 0 Å². The molecule has 1 unspecified atom stereocenters. The van der Waals surface area contributed by atoms with Crippen molar-refractivity contribution in [2.75, 3.05) is 19.0 Å². The van der Waals surface area contributed by atoms with Gasteiger partial charge in [-0.3, -0.25) is 0 Å².